The van der Waals surface area contributed by atoms with E-state index < -0.39 is 23.6 Å². The minimum atomic E-state index is -4.55. The highest BCUT2D eigenvalue weighted by Crippen LogP contribution is 2.34. The number of alkyl halides is 3. The standard InChI is InChI=1S/C17H17F3N2O2S/c1-4-14-9(2)7-15(25-14)16(24)22-13-8-11(17(18,19)20)5-6-12(13)21-10(3)23/h5-8H,4H2,1-3H3,(H,21,23)(H,22,24). The molecule has 1 heterocycles. The van der Waals surface area contributed by atoms with Gasteiger partial charge in [-0.05, 0) is 43.2 Å². The summed E-state index contributed by atoms with van der Waals surface area (Å²) >= 11 is 1.29. The van der Waals surface area contributed by atoms with Crippen molar-refractivity contribution in [3.8, 4) is 0 Å². The van der Waals surface area contributed by atoms with Gasteiger partial charge in [0.05, 0.1) is 21.8 Å². The van der Waals surface area contributed by atoms with Crippen LogP contribution in [0, 0.1) is 6.92 Å². The molecule has 0 unspecified atom stereocenters. The third kappa shape index (κ3) is 4.60. The Balaban J connectivity index is 2.37. The van der Waals surface area contributed by atoms with Crippen LogP contribution in [-0.2, 0) is 17.4 Å². The number of nitrogens with one attached hydrogen (secondary N) is 2. The van der Waals surface area contributed by atoms with Crippen molar-refractivity contribution in [2.75, 3.05) is 10.6 Å². The van der Waals surface area contributed by atoms with E-state index in [1.165, 1.54) is 18.3 Å². The van der Waals surface area contributed by atoms with Gasteiger partial charge in [-0.15, -0.1) is 11.3 Å². The molecule has 0 bridgehead atoms. The number of hydrogen-bond acceptors (Lipinski definition) is 3. The van der Waals surface area contributed by atoms with Crippen molar-refractivity contribution in [2.24, 2.45) is 0 Å². The van der Waals surface area contributed by atoms with Gasteiger partial charge < -0.3 is 10.6 Å². The number of rotatable bonds is 4. The van der Waals surface area contributed by atoms with Crippen LogP contribution in [0.5, 0.6) is 0 Å². The first-order chi connectivity index (χ1) is 11.6. The molecule has 0 radical (unpaired) electrons. The van der Waals surface area contributed by atoms with Gasteiger partial charge in [0.2, 0.25) is 5.91 Å². The van der Waals surface area contributed by atoms with Crippen LogP contribution in [0.4, 0.5) is 24.5 Å². The highest BCUT2D eigenvalue weighted by atomic mass is 32.1. The SMILES string of the molecule is CCc1sc(C(=O)Nc2cc(C(F)(F)F)ccc2NC(C)=O)cc1C. The second kappa shape index (κ2) is 7.26. The predicted octanol–water partition coefficient (Wildman–Crippen LogP) is 4.85. The molecule has 0 aliphatic heterocycles. The number of benzene rings is 1. The van der Waals surface area contributed by atoms with Crippen LogP contribution in [0.25, 0.3) is 0 Å². The molecule has 0 atom stereocenters. The Morgan fingerprint density at radius 3 is 2.32 bits per heavy atom. The lowest BCUT2D eigenvalue weighted by atomic mass is 10.1. The molecule has 4 nitrogen and oxygen atoms in total. The number of anilines is 2. The van der Waals surface area contributed by atoms with Crippen LogP contribution in [-0.4, -0.2) is 11.8 Å². The Hall–Kier alpha value is -2.35. The smallest absolute Gasteiger partial charge is 0.325 e. The highest BCUT2D eigenvalue weighted by Gasteiger charge is 2.31. The lowest BCUT2D eigenvalue weighted by molar-refractivity contribution is -0.137. The van der Waals surface area contributed by atoms with Crippen molar-refractivity contribution in [3.05, 3.63) is 45.1 Å². The van der Waals surface area contributed by atoms with Crippen molar-refractivity contribution in [3.63, 3.8) is 0 Å². The number of halogens is 3. The Morgan fingerprint density at radius 1 is 1.12 bits per heavy atom. The van der Waals surface area contributed by atoms with Crippen LogP contribution in [0.1, 0.15) is 39.5 Å². The summed E-state index contributed by atoms with van der Waals surface area (Å²) in [4.78, 5) is 25.1. The molecule has 2 rings (SSSR count). The summed E-state index contributed by atoms with van der Waals surface area (Å²) in [6.45, 7) is 5.07. The second-order valence-electron chi connectivity index (χ2n) is 5.46. The maximum Gasteiger partial charge on any atom is 0.416 e. The predicted molar refractivity (Wildman–Crippen MR) is 92.1 cm³/mol. The van der Waals surface area contributed by atoms with Crippen molar-refractivity contribution < 1.29 is 22.8 Å². The van der Waals surface area contributed by atoms with Gasteiger partial charge in [-0.3, -0.25) is 9.59 Å². The average Bonchev–Trinajstić information content (AvgIpc) is 2.88. The zero-order valence-electron chi connectivity index (χ0n) is 13.9. The van der Waals surface area contributed by atoms with E-state index >= 15 is 0 Å². The molecule has 0 aliphatic rings. The largest absolute Gasteiger partial charge is 0.416 e. The molecule has 1 aromatic heterocycles. The van der Waals surface area contributed by atoms with Crippen LogP contribution in [0.2, 0.25) is 0 Å². The summed E-state index contributed by atoms with van der Waals surface area (Å²) in [7, 11) is 0. The molecule has 0 saturated carbocycles. The van der Waals surface area contributed by atoms with E-state index in [0.29, 0.717) is 4.88 Å². The molecular formula is C17H17F3N2O2S. The number of carbonyl (C=O) groups excluding carboxylic acids is 2. The van der Waals surface area contributed by atoms with Crippen LogP contribution in [0.15, 0.2) is 24.3 Å². The van der Waals surface area contributed by atoms with Crippen molar-refractivity contribution in [1.29, 1.82) is 0 Å². The Kier molecular flexibility index (Phi) is 5.52. The van der Waals surface area contributed by atoms with Gasteiger partial charge in [0.15, 0.2) is 0 Å². The van der Waals surface area contributed by atoms with E-state index in [1.807, 2.05) is 13.8 Å². The summed E-state index contributed by atoms with van der Waals surface area (Å²) in [6, 6.07) is 4.48. The first-order valence-electron chi connectivity index (χ1n) is 7.51. The van der Waals surface area contributed by atoms with Crippen molar-refractivity contribution in [2.45, 2.75) is 33.4 Å². The van der Waals surface area contributed by atoms with E-state index in [9.17, 15) is 22.8 Å². The van der Waals surface area contributed by atoms with Gasteiger partial charge in [0, 0.05) is 11.8 Å². The molecule has 8 heteroatoms. The van der Waals surface area contributed by atoms with E-state index in [-0.39, 0.29) is 11.4 Å². The number of carbonyl (C=O) groups is 2. The van der Waals surface area contributed by atoms with E-state index in [2.05, 4.69) is 10.6 Å². The summed E-state index contributed by atoms with van der Waals surface area (Å²) in [5.74, 6) is -0.964. The molecule has 2 aromatic rings. The van der Waals surface area contributed by atoms with Gasteiger partial charge in [0.1, 0.15) is 0 Å². The molecule has 0 aliphatic carbocycles. The average molecular weight is 370 g/mol. The fourth-order valence-corrected chi connectivity index (χ4v) is 3.30. The summed E-state index contributed by atoms with van der Waals surface area (Å²) in [5, 5.41) is 4.89. The maximum atomic E-state index is 12.9. The van der Waals surface area contributed by atoms with E-state index in [1.54, 1.807) is 6.07 Å². The molecule has 0 fully saturated rings. The first-order valence-corrected chi connectivity index (χ1v) is 8.33. The van der Waals surface area contributed by atoms with Crippen LogP contribution < -0.4 is 10.6 Å². The van der Waals surface area contributed by atoms with Crippen LogP contribution >= 0.6 is 11.3 Å². The summed E-state index contributed by atoms with van der Waals surface area (Å²) in [6.07, 6.45) is -3.78. The molecule has 1 aromatic carbocycles. The van der Waals surface area contributed by atoms with Gasteiger partial charge in [-0.1, -0.05) is 6.92 Å². The number of aryl methyl sites for hydroxylation is 2. The molecule has 2 amide bonds. The zero-order chi connectivity index (χ0) is 18.8. The minimum Gasteiger partial charge on any atom is -0.325 e. The maximum absolute atomic E-state index is 12.9. The topological polar surface area (TPSA) is 58.2 Å². The first kappa shape index (κ1) is 19.0. The number of amides is 2. The zero-order valence-corrected chi connectivity index (χ0v) is 14.7. The molecule has 134 valence electrons. The highest BCUT2D eigenvalue weighted by molar-refractivity contribution is 7.14. The number of thiophene rings is 1. The quantitative estimate of drug-likeness (QED) is 0.808. The second-order valence-corrected chi connectivity index (χ2v) is 6.60. The van der Waals surface area contributed by atoms with E-state index in [0.717, 1.165) is 35.1 Å². The third-order valence-corrected chi connectivity index (χ3v) is 4.85. The van der Waals surface area contributed by atoms with Crippen molar-refractivity contribution in [1.82, 2.24) is 0 Å². The lowest BCUT2D eigenvalue weighted by Crippen LogP contribution is -2.15. The molecule has 25 heavy (non-hydrogen) atoms. The normalized spacial score (nSPS) is 11.3. The van der Waals surface area contributed by atoms with Gasteiger partial charge in [-0.2, -0.15) is 13.2 Å². The van der Waals surface area contributed by atoms with Gasteiger partial charge in [-0.25, -0.2) is 0 Å². The lowest BCUT2D eigenvalue weighted by Gasteiger charge is -2.14. The van der Waals surface area contributed by atoms with E-state index in [4.69, 9.17) is 0 Å². The Bertz CT molecular complexity index is 813. The van der Waals surface area contributed by atoms with Gasteiger partial charge in [0.25, 0.3) is 5.91 Å². The molecule has 0 spiro atoms. The molecule has 0 saturated heterocycles. The van der Waals surface area contributed by atoms with Gasteiger partial charge >= 0.3 is 6.18 Å². The molecular weight excluding hydrogens is 353 g/mol. The fraction of sp³-hybridized carbons (Fsp3) is 0.294. The van der Waals surface area contributed by atoms with Crippen LogP contribution in [0.3, 0.4) is 0 Å². The van der Waals surface area contributed by atoms with Crippen molar-refractivity contribution >= 4 is 34.5 Å². The number of hydrogen-bond donors (Lipinski definition) is 2. The summed E-state index contributed by atoms with van der Waals surface area (Å²) < 4.78 is 38.8. The fourth-order valence-electron chi connectivity index (χ4n) is 2.29. The Labute approximate surface area is 147 Å². The molecule has 2 N–H and O–H groups in total. The third-order valence-electron chi connectivity index (χ3n) is 3.47. The Morgan fingerprint density at radius 2 is 1.80 bits per heavy atom. The minimum absolute atomic E-state index is 0.0980. The summed E-state index contributed by atoms with van der Waals surface area (Å²) in [5.41, 5.74) is 0.0641. The monoisotopic (exact) mass is 370 g/mol.